The molecule has 1 aromatic heterocycles. The summed E-state index contributed by atoms with van der Waals surface area (Å²) in [5.74, 6) is 0.288. The fourth-order valence-electron chi connectivity index (χ4n) is 2.03. The lowest BCUT2D eigenvalue weighted by Gasteiger charge is -2.15. The van der Waals surface area contributed by atoms with Gasteiger partial charge in [-0.15, -0.1) is 10.2 Å². The maximum atomic E-state index is 12.3. The Morgan fingerprint density at radius 2 is 2.05 bits per heavy atom. The number of hydrogen-bond donors (Lipinski definition) is 2. The van der Waals surface area contributed by atoms with Crippen molar-refractivity contribution in [1.29, 1.82) is 0 Å². The van der Waals surface area contributed by atoms with Crippen LogP contribution in [0.25, 0.3) is 0 Å². The Hall–Kier alpha value is -2.02. The van der Waals surface area contributed by atoms with E-state index in [-0.39, 0.29) is 17.2 Å². The van der Waals surface area contributed by atoms with Gasteiger partial charge in [0, 0.05) is 11.7 Å². The van der Waals surface area contributed by atoms with Crippen molar-refractivity contribution in [2.45, 2.75) is 44.1 Å². The maximum absolute atomic E-state index is 12.3. The van der Waals surface area contributed by atoms with Crippen LogP contribution in [0.15, 0.2) is 29.4 Å². The number of hydrogen-bond acceptors (Lipinski definition) is 5. The van der Waals surface area contributed by atoms with E-state index in [0.717, 1.165) is 11.3 Å². The second-order valence-corrected chi connectivity index (χ2v) is 6.73. The Balaban J connectivity index is 2.06. The van der Waals surface area contributed by atoms with Gasteiger partial charge in [0.1, 0.15) is 0 Å². The summed E-state index contributed by atoms with van der Waals surface area (Å²) in [7, 11) is 0. The summed E-state index contributed by atoms with van der Waals surface area (Å²) in [5.41, 5.74) is 7.71. The molecule has 1 aromatic carbocycles. The Labute approximate surface area is 134 Å². The normalized spacial score (nSPS) is 12.4. The van der Waals surface area contributed by atoms with Crippen LogP contribution >= 0.6 is 11.8 Å². The molecule has 0 aliphatic rings. The van der Waals surface area contributed by atoms with Crippen molar-refractivity contribution < 1.29 is 4.79 Å². The van der Waals surface area contributed by atoms with Crippen LogP contribution < -0.4 is 11.1 Å². The van der Waals surface area contributed by atoms with Gasteiger partial charge in [-0.3, -0.25) is 9.36 Å². The van der Waals surface area contributed by atoms with E-state index < -0.39 is 0 Å². The summed E-state index contributed by atoms with van der Waals surface area (Å²) in [6, 6.07) is 7.85. The van der Waals surface area contributed by atoms with Gasteiger partial charge in [0.05, 0.1) is 5.25 Å². The van der Waals surface area contributed by atoms with Gasteiger partial charge in [0.25, 0.3) is 0 Å². The van der Waals surface area contributed by atoms with E-state index in [9.17, 15) is 4.79 Å². The molecule has 7 heteroatoms. The zero-order chi connectivity index (χ0) is 16.3. The minimum absolute atomic E-state index is 0.0764. The summed E-state index contributed by atoms with van der Waals surface area (Å²) >= 11 is 1.35. The molecule has 22 heavy (non-hydrogen) atoms. The first-order valence-corrected chi connectivity index (χ1v) is 8.01. The van der Waals surface area contributed by atoms with E-state index in [1.165, 1.54) is 11.8 Å². The molecule has 0 aliphatic carbocycles. The summed E-state index contributed by atoms with van der Waals surface area (Å²) in [4.78, 5) is 12.3. The molecule has 2 rings (SSSR count). The summed E-state index contributed by atoms with van der Waals surface area (Å²) in [5, 5.41) is 11.2. The third kappa shape index (κ3) is 3.79. The second-order valence-electron chi connectivity index (χ2n) is 5.42. The topological polar surface area (TPSA) is 85.8 Å². The average Bonchev–Trinajstić information content (AvgIpc) is 2.79. The molecule has 0 aliphatic heterocycles. The number of aromatic nitrogens is 3. The van der Waals surface area contributed by atoms with E-state index in [2.05, 4.69) is 15.5 Å². The molecule has 0 unspecified atom stereocenters. The number of nitrogen functional groups attached to an aromatic ring is 1. The lowest BCUT2D eigenvalue weighted by molar-refractivity contribution is -0.115. The van der Waals surface area contributed by atoms with Crippen LogP contribution in [-0.2, 0) is 4.79 Å². The number of nitrogens with one attached hydrogen (secondary N) is 1. The van der Waals surface area contributed by atoms with Crippen molar-refractivity contribution in [3.63, 3.8) is 0 Å². The minimum atomic E-state index is -0.304. The van der Waals surface area contributed by atoms with Gasteiger partial charge in [-0.05, 0) is 45.4 Å². The van der Waals surface area contributed by atoms with Gasteiger partial charge in [-0.2, -0.15) is 0 Å². The number of nitrogens with zero attached hydrogens (tertiary/aromatic N) is 3. The number of rotatable bonds is 5. The molecule has 1 atom stereocenters. The number of carbonyl (C=O) groups is 1. The number of anilines is 2. The predicted octanol–water partition coefficient (Wildman–Crippen LogP) is 2.87. The van der Waals surface area contributed by atoms with E-state index in [4.69, 9.17) is 5.73 Å². The first-order valence-electron chi connectivity index (χ1n) is 7.13. The molecule has 0 radical (unpaired) electrons. The third-order valence-electron chi connectivity index (χ3n) is 3.14. The summed E-state index contributed by atoms with van der Waals surface area (Å²) in [6.45, 7) is 7.83. The molecular formula is C15H21N5OS. The van der Waals surface area contributed by atoms with Crippen molar-refractivity contribution in [3.05, 3.63) is 29.8 Å². The van der Waals surface area contributed by atoms with Crippen LogP contribution in [0.2, 0.25) is 0 Å². The van der Waals surface area contributed by atoms with E-state index in [0.29, 0.717) is 11.1 Å². The first-order chi connectivity index (χ1) is 10.4. The first kappa shape index (κ1) is 16.4. The Bertz CT molecular complexity index is 668. The highest BCUT2D eigenvalue weighted by molar-refractivity contribution is 8.00. The van der Waals surface area contributed by atoms with Crippen molar-refractivity contribution in [3.8, 4) is 0 Å². The van der Waals surface area contributed by atoms with Crippen LogP contribution in [-0.4, -0.2) is 25.9 Å². The number of nitrogens with two attached hydrogens (primary N) is 1. The van der Waals surface area contributed by atoms with Crippen LogP contribution in [0.1, 0.15) is 32.4 Å². The van der Waals surface area contributed by atoms with Crippen molar-refractivity contribution in [1.82, 2.24) is 14.8 Å². The van der Waals surface area contributed by atoms with E-state index in [1.54, 1.807) is 0 Å². The molecule has 118 valence electrons. The van der Waals surface area contributed by atoms with Crippen molar-refractivity contribution in [2.75, 3.05) is 11.1 Å². The number of amides is 1. The van der Waals surface area contributed by atoms with Crippen LogP contribution in [0.4, 0.5) is 11.6 Å². The second kappa shape index (κ2) is 6.83. The highest BCUT2D eigenvalue weighted by Crippen LogP contribution is 2.26. The molecule has 6 nitrogen and oxygen atoms in total. The molecule has 0 bridgehead atoms. The molecule has 0 saturated heterocycles. The predicted molar refractivity (Wildman–Crippen MR) is 89.9 cm³/mol. The lowest BCUT2D eigenvalue weighted by atomic mass is 10.2. The summed E-state index contributed by atoms with van der Waals surface area (Å²) < 4.78 is 1.82. The van der Waals surface area contributed by atoms with E-state index in [1.807, 2.05) is 56.5 Å². The molecule has 1 heterocycles. The quantitative estimate of drug-likeness (QED) is 0.828. The number of thioether (sulfide) groups is 1. The smallest absolute Gasteiger partial charge is 0.237 e. The fourth-order valence-corrected chi connectivity index (χ4v) is 3.02. The SMILES string of the molecule is Cc1cccc(NC(=O)[C@@H](C)Sc2nnc(N)n2C(C)C)c1. The highest BCUT2D eigenvalue weighted by atomic mass is 32.2. The largest absolute Gasteiger partial charge is 0.368 e. The number of aryl methyl sites for hydroxylation is 1. The monoisotopic (exact) mass is 319 g/mol. The maximum Gasteiger partial charge on any atom is 0.237 e. The molecule has 0 spiro atoms. The molecule has 0 saturated carbocycles. The Kier molecular flexibility index (Phi) is 5.07. The van der Waals surface area contributed by atoms with Crippen molar-refractivity contribution >= 4 is 29.3 Å². The Morgan fingerprint density at radius 3 is 2.68 bits per heavy atom. The number of carbonyl (C=O) groups excluding carboxylic acids is 1. The number of benzene rings is 1. The van der Waals surface area contributed by atoms with Crippen LogP contribution in [0.5, 0.6) is 0 Å². The van der Waals surface area contributed by atoms with Crippen LogP contribution in [0, 0.1) is 6.92 Å². The minimum Gasteiger partial charge on any atom is -0.368 e. The lowest BCUT2D eigenvalue weighted by Crippen LogP contribution is -2.23. The highest BCUT2D eigenvalue weighted by Gasteiger charge is 2.20. The average molecular weight is 319 g/mol. The molecule has 1 amide bonds. The third-order valence-corrected chi connectivity index (χ3v) is 4.20. The Morgan fingerprint density at radius 1 is 1.32 bits per heavy atom. The molecule has 2 aromatic rings. The van der Waals surface area contributed by atoms with Gasteiger partial charge in [-0.1, -0.05) is 23.9 Å². The van der Waals surface area contributed by atoms with Gasteiger partial charge >= 0.3 is 0 Å². The molecule has 3 N–H and O–H groups in total. The van der Waals surface area contributed by atoms with Crippen LogP contribution in [0.3, 0.4) is 0 Å². The van der Waals surface area contributed by atoms with Crippen molar-refractivity contribution in [2.24, 2.45) is 0 Å². The van der Waals surface area contributed by atoms with Gasteiger partial charge in [0.2, 0.25) is 11.9 Å². The summed E-state index contributed by atoms with van der Waals surface area (Å²) in [6.07, 6.45) is 0. The van der Waals surface area contributed by atoms with Gasteiger partial charge < -0.3 is 11.1 Å². The molecule has 0 fully saturated rings. The van der Waals surface area contributed by atoms with Gasteiger partial charge in [-0.25, -0.2) is 0 Å². The standard InChI is InChI=1S/C15H21N5OS/c1-9(2)20-14(16)18-19-15(20)22-11(4)13(21)17-12-7-5-6-10(3)8-12/h5-9,11H,1-4H3,(H2,16,18)(H,17,21)/t11-/m1/s1. The molecular weight excluding hydrogens is 298 g/mol. The fraction of sp³-hybridized carbons (Fsp3) is 0.400. The van der Waals surface area contributed by atoms with Gasteiger partial charge in [0.15, 0.2) is 5.16 Å². The zero-order valence-electron chi connectivity index (χ0n) is 13.2. The zero-order valence-corrected chi connectivity index (χ0v) is 14.0. The van der Waals surface area contributed by atoms with E-state index >= 15 is 0 Å².